The molecular weight excluding hydrogens is 468 g/mol. The number of carbonyl (C=O) groups excluding carboxylic acids is 1. The molecule has 10 heteroatoms. The van der Waals surface area contributed by atoms with Crippen LogP contribution < -0.4 is 5.32 Å². The van der Waals surface area contributed by atoms with Crippen LogP contribution in [0.5, 0.6) is 0 Å². The van der Waals surface area contributed by atoms with Crippen molar-refractivity contribution in [2.75, 3.05) is 44.6 Å². The maximum absolute atomic E-state index is 11.9. The van der Waals surface area contributed by atoms with E-state index in [0.717, 1.165) is 60.6 Å². The van der Waals surface area contributed by atoms with Crippen molar-refractivity contribution in [1.82, 2.24) is 34.7 Å². The first-order valence-electron chi connectivity index (χ1n) is 12.8. The summed E-state index contributed by atoms with van der Waals surface area (Å²) in [5.41, 5.74) is 5.16. The number of aromatic amines is 1. The van der Waals surface area contributed by atoms with E-state index in [-0.39, 0.29) is 6.61 Å². The van der Waals surface area contributed by atoms with Gasteiger partial charge in [-0.05, 0) is 49.7 Å². The minimum Gasteiger partial charge on any atom is -0.450 e. The Morgan fingerprint density at radius 2 is 1.81 bits per heavy atom. The normalized spacial score (nSPS) is 14.6. The fourth-order valence-corrected chi connectivity index (χ4v) is 4.62. The molecule has 3 aromatic heterocycles. The van der Waals surface area contributed by atoms with Crippen molar-refractivity contribution in [3.05, 3.63) is 54.6 Å². The summed E-state index contributed by atoms with van der Waals surface area (Å²) in [6.45, 7) is 10.7. The van der Waals surface area contributed by atoms with E-state index in [4.69, 9.17) is 9.72 Å². The zero-order valence-corrected chi connectivity index (χ0v) is 21.3. The van der Waals surface area contributed by atoms with Gasteiger partial charge in [-0.3, -0.25) is 15.2 Å². The quantitative estimate of drug-likeness (QED) is 0.371. The van der Waals surface area contributed by atoms with E-state index in [1.165, 1.54) is 13.0 Å². The molecule has 1 fully saturated rings. The lowest BCUT2D eigenvalue weighted by Crippen LogP contribution is -2.46. The average molecular weight is 501 g/mol. The number of fused-ring (bicyclic) bond motifs is 1. The Morgan fingerprint density at radius 1 is 1.03 bits per heavy atom. The number of rotatable bonds is 8. The van der Waals surface area contributed by atoms with E-state index in [1.54, 1.807) is 25.4 Å². The SMILES string of the molecule is CCCN1CCN(Cc2ccc(-c3cc(-c4ncccn4)c4nc(NC(=O)OCC)[nH]c4c3)cn2)CC1. The number of amides is 1. The molecule has 0 bridgehead atoms. The molecule has 0 unspecified atom stereocenters. The molecule has 0 spiro atoms. The van der Waals surface area contributed by atoms with Crippen LogP contribution in [0.15, 0.2) is 48.9 Å². The standard InChI is InChI=1S/C27H32N8O2/c1-3-10-34-11-13-35(14-12-34)18-21-7-6-19(17-30-21)20-15-22(25-28-8-5-9-29-25)24-23(16-20)31-26(32-24)33-27(36)37-4-2/h5-9,15-17H,3-4,10-14,18H2,1-2H3,(H2,31,32,33,36). The van der Waals surface area contributed by atoms with Crippen LogP contribution in [0.2, 0.25) is 0 Å². The van der Waals surface area contributed by atoms with E-state index in [1.807, 2.05) is 18.3 Å². The Balaban J connectivity index is 1.40. The molecule has 0 aliphatic carbocycles. The second-order valence-electron chi connectivity index (χ2n) is 9.08. The lowest BCUT2D eigenvalue weighted by molar-refractivity contribution is 0.126. The predicted octanol–water partition coefficient (Wildman–Crippen LogP) is 4.18. The predicted molar refractivity (Wildman–Crippen MR) is 143 cm³/mol. The van der Waals surface area contributed by atoms with Crippen LogP contribution in [-0.4, -0.2) is 80.1 Å². The van der Waals surface area contributed by atoms with Crippen molar-refractivity contribution in [3.63, 3.8) is 0 Å². The summed E-state index contributed by atoms with van der Waals surface area (Å²) >= 11 is 0. The number of H-pyrrole nitrogens is 1. The van der Waals surface area contributed by atoms with Gasteiger partial charge in [-0.25, -0.2) is 19.7 Å². The van der Waals surface area contributed by atoms with Gasteiger partial charge in [-0.2, -0.15) is 0 Å². The van der Waals surface area contributed by atoms with Crippen LogP contribution in [0.1, 0.15) is 26.0 Å². The number of pyridine rings is 1. The highest BCUT2D eigenvalue weighted by atomic mass is 16.5. The van der Waals surface area contributed by atoms with Crippen LogP contribution >= 0.6 is 0 Å². The Bertz CT molecular complexity index is 1330. The van der Waals surface area contributed by atoms with Crippen LogP contribution in [0.25, 0.3) is 33.5 Å². The number of aromatic nitrogens is 5. The molecule has 2 N–H and O–H groups in total. The highest BCUT2D eigenvalue weighted by Gasteiger charge is 2.18. The van der Waals surface area contributed by atoms with E-state index in [0.29, 0.717) is 17.3 Å². The first-order valence-corrected chi connectivity index (χ1v) is 12.8. The molecule has 1 saturated heterocycles. The Hall–Kier alpha value is -3.89. The number of carbonyl (C=O) groups is 1. The second-order valence-corrected chi connectivity index (χ2v) is 9.08. The summed E-state index contributed by atoms with van der Waals surface area (Å²) < 4.78 is 4.98. The summed E-state index contributed by atoms with van der Waals surface area (Å²) in [6.07, 6.45) is 5.95. The van der Waals surface area contributed by atoms with E-state index in [2.05, 4.69) is 54.1 Å². The average Bonchev–Trinajstić information content (AvgIpc) is 3.32. The molecule has 4 aromatic rings. The summed E-state index contributed by atoms with van der Waals surface area (Å²) in [4.78, 5) is 38.3. The summed E-state index contributed by atoms with van der Waals surface area (Å²) in [5.74, 6) is 0.852. The van der Waals surface area contributed by atoms with E-state index < -0.39 is 6.09 Å². The van der Waals surface area contributed by atoms with Crippen LogP contribution in [0.4, 0.5) is 10.7 Å². The third-order valence-electron chi connectivity index (χ3n) is 6.44. The molecule has 10 nitrogen and oxygen atoms in total. The molecule has 37 heavy (non-hydrogen) atoms. The number of nitrogens with one attached hydrogen (secondary N) is 2. The molecule has 1 aliphatic heterocycles. The largest absolute Gasteiger partial charge is 0.450 e. The number of benzene rings is 1. The maximum Gasteiger partial charge on any atom is 0.413 e. The molecule has 1 amide bonds. The van der Waals surface area contributed by atoms with Crippen LogP contribution in [0, 0.1) is 0 Å². The molecule has 5 rings (SSSR count). The van der Waals surface area contributed by atoms with Gasteiger partial charge in [0.2, 0.25) is 5.95 Å². The fraction of sp³-hybridized carbons (Fsp3) is 0.370. The lowest BCUT2D eigenvalue weighted by atomic mass is 10.0. The van der Waals surface area contributed by atoms with Gasteiger partial charge < -0.3 is 14.6 Å². The molecule has 192 valence electrons. The summed E-state index contributed by atoms with van der Waals surface area (Å²) in [6, 6.07) is 9.97. The van der Waals surface area contributed by atoms with Crippen molar-refractivity contribution < 1.29 is 9.53 Å². The monoisotopic (exact) mass is 500 g/mol. The third-order valence-corrected chi connectivity index (χ3v) is 6.44. The van der Waals surface area contributed by atoms with Crippen molar-refractivity contribution in [1.29, 1.82) is 0 Å². The Morgan fingerprint density at radius 3 is 2.51 bits per heavy atom. The van der Waals surface area contributed by atoms with Gasteiger partial charge in [-0.1, -0.05) is 13.0 Å². The van der Waals surface area contributed by atoms with Crippen molar-refractivity contribution in [2.24, 2.45) is 0 Å². The van der Waals surface area contributed by atoms with Gasteiger partial charge in [0.05, 0.1) is 17.8 Å². The van der Waals surface area contributed by atoms with Gasteiger partial charge in [0, 0.05) is 62.4 Å². The van der Waals surface area contributed by atoms with Crippen molar-refractivity contribution in [3.8, 4) is 22.5 Å². The van der Waals surface area contributed by atoms with Gasteiger partial charge in [0.1, 0.15) is 5.52 Å². The van der Waals surface area contributed by atoms with Crippen LogP contribution in [0.3, 0.4) is 0 Å². The molecule has 4 heterocycles. The summed E-state index contributed by atoms with van der Waals surface area (Å²) in [5, 5.41) is 2.64. The zero-order chi connectivity index (χ0) is 25.6. The zero-order valence-electron chi connectivity index (χ0n) is 21.3. The highest BCUT2D eigenvalue weighted by Crippen LogP contribution is 2.32. The maximum atomic E-state index is 11.9. The number of imidazole rings is 1. The molecule has 0 saturated carbocycles. The van der Waals surface area contributed by atoms with E-state index >= 15 is 0 Å². The number of anilines is 1. The first-order chi connectivity index (χ1) is 18.1. The Labute approximate surface area is 216 Å². The molecule has 1 aliphatic rings. The van der Waals surface area contributed by atoms with Gasteiger partial charge in [-0.15, -0.1) is 0 Å². The van der Waals surface area contributed by atoms with E-state index in [9.17, 15) is 4.79 Å². The second kappa shape index (κ2) is 11.4. The molecular formula is C27H32N8O2. The number of hydrogen-bond donors (Lipinski definition) is 2. The molecule has 0 radical (unpaired) electrons. The molecule has 1 aromatic carbocycles. The van der Waals surface area contributed by atoms with Crippen LogP contribution in [-0.2, 0) is 11.3 Å². The number of piperazine rings is 1. The smallest absolute Gasteiger partial charge is 0.413 e. The van der Waals surface area contributed by atoms with Crippen molar-refractivity contribution in [2.45, 2.75) is 26.8 Å². The summed E-state index contributed by atoms with van der Waals surface area (Å²) in [7, 11) is 0. The van der Waals surface area contributed by atoms with Gasteiger partial charge in [0.15, 0.2) is 5.82 Å². The number of hydrogen-bond acceptors (Lipinski definition) is 8. The third kappa shape index (κ3) is 5.92. The first kappa shape index (κ1) is 24.8. The fourth-order valence-electron chi connectivity index (χ4n) is 4.62. The van der Waals surface area contributed by atoms with Crippen molar-refractivity contribution >= 4 is 23.1 Å². The topological polar surface area (TPSA) is 112 Å². The lowest BCUT2D eigenvalue weighted by Gasteiger charge is -2.34. The van der Waals surface area contributed by atoms with Gasteiger partial charge >= 0.3 is 6.09 Å². The molecule has 0 atom stereocenters. The minimum absolute atomic E-state index is 0.275. The Kier molecular flexibility index (Phi) is 7.67. The number of ether oxygens (including phenoxy) is 1. The highest BCUT2D eigenvalue weighted by molar-refractivity contribution is 5.96. The van der Waals surface area contributed by atoms with Gasteiger partial charge in [0.25, 0.3) is 0 Å². The minimum atomic E-state index is -0.564. The number of nitrogens with zero attached hydrogens (tertiary/aromatic N) is 6.